The van der Waals surface area contributed by atoms with Crippen molar-refractivity contribution < 1.29 is 4.39 Å². The molecule has 0 bridgehead atoms. The molecule has 1 N–H and O–H groups in total. The van der Waals surface area contributed by atoms with Gasteiger partial charge in [-0.1, -0.05) is 49.0 Å². The standard InChI is InChI=1S/C17H25BrFN/c1-3-12-5-7-13(8-6-12)17(20-4-2)14-9-15(18)11-16(19)10-14/h9-13,17,20H,3-8H2,1-2H3. The molecule has 0 radical (unpaired) electrons. The van der Waals surface area contributed by atoms with Gasteiger partial charge in [0, 0.05) is 10.5 Å². The van der Waals surface area contributed by atoms with E-state index in [1.54, 1.807) is 6.07 Å². The third kappa shape index (κ3) is 4.05. The molecule has 1 fully saturated rings. The highest BCUT2D eigenvalue weighted by molar-refractivity contribution is 9.10. The van der Waals surface area contributed by atoms with Gasteiger partial charge < -0.3 is 5.32 Å². The molecule has 1 aliphatic rings. The molecule has 1 saturated carbocycles. The number of benzene rings is 1. The molecule has 0 heterocycles. The van der Waals surface area contributed by atoms with E-state index < -0.39 is 0 Å². The number of halogens is 2. The van der Waals surface area contributed by atoms with Crippen molar-refractivity contribution in [1.82, 2.24) is 5.32 Å². The molecule has 0 amide bonds. The molecular formula is C17H25BrFN. The summed E-state index contributed by atoms with van der Waals surface area (Å²) in [5.41, 5.74) is 1.08. The van der Waals surface area contributed by atoms with Crippen LogP contribution in [0.2, 0.25) is 0 Å². The van der Waals surface area contributed by atoms with Crippen molar-refractivity contribution in [2.45, 2.75) is 52.0 Å². The summed E-state index contributed by atoms with van der Waals surface area (Å²) in [7, 11) is 0. The van der Waals surface area contributed by atoms with Gasteiger partial charge in [-0.2, -0.15) is 0 Å². The van der Waals surface area contributed by atoms with Crippen LogP contribution in [-0.2, 0) is 0 Å². The van der Waals surface area contributed by atoms with E-state index in [2.05, 4.69) is 41.2 Å². The molecule has 0 saturated heterocycles. The van der Waals surface area contributed by atoms with Crippen molar-refractivity contribution in [2.75, 3.05) is 6.54 Å². The average molecular weight is 342 g/mol. The first-order chi connectivity index (χ1) is 9.63. The van der Waals surface area contributed by atoms with Crippen LogP contribution in [0.5, 0.6) is 0 Å². The Hall–Kier alpha value is -0.410. The van der Waals surface area contributed by atoms with E-state index >= 15 is 0 Å². The van der Waals surface area contributed by atoms with Gasteiger partial charge in [-0.05, 0) is 55.0 Å². The summed E-state index contributed by atoms with van der Waals surface area (Å²) < 4.78 is 14.5. The summed E-state index contributed by atoms with van der Waals surface area (Å²) in [5, 5.41) is 3.57. The Balaban J connectivity index is 2.14. The first kappa shape index (κ1) is 16.0. The van der Waals surface area contributed by atoms with Crippen LogP contribution < -0.4 is 5.32 Å². The lowest BCUT2D eigenvalue weighted by Crippen LogP contribution is -2.31. The Morgan fingerprint density at radius 3 is 2.45 bits per heavy atom. The van der Waals surface area contributed by atoms with Crippen molar-refractivity contribution in [1.29, 1.82) is 0 Å². The highest BCUT2D eigenvalue weighted by Gasteiger charge is 2.27. The summed E-state index contributed by atoms with van der Waals surface area (Å²) in [4.78, 5) is 0. The predicted octanol–water partition coefficient (Wildman–Crippen LogP) is 5.46. The van der Waals surface area contributed by atoms with E-state index in [9.17, 15) is 4.39 Å². The van der Waals surface area contributed by atoms with E-state index in [0.717, 1.165) is 22.5 Å². The molecule has 3 heteroatoms. The Kier molecular flexibility index (Phi) is 6.03. The van der Waals surface area contributed by atoms with Crippen LogP contribution in [-0.4, -0.2) is 6.54 Å². The van der Waals surface area contributed by atoms with Gasteiger partial charge in [0.15, 0.2) is 0 Å². The lowest BCUT2D eigenvalue weighted by Gasteiger charge is -2.34. The van der Waals surface area contributed by atoms with Crippen molar-refractivity contribution >= 4 is 15.9 Å². The maximum Gasteiger partial charge on any atom is 0.124 e. The van der Waals surface area contributed by atoms with E-state index in [0.29, 0.717) is 5.92 Å². The summed E-state index contributed by atoms with van der Waals surface area (Å²) in [5.74, 6) is 1.37. The lowest BCUT2D eigenvalue weighted by molar-refractivity contribution is 0.220. The van der Waals surface area contributed by atoms with Crippen molar-refractivity contribution in [3.8, 4) is 0 Å². The maximum absolute atomic E-state index is 13.7. The molecule has 1 nitrogen and oxygen atoms in total. The van der Waals surface area contributed by atoms with Crippen LogP contribution in [0.15, 0.2) is 22.7 Å². The van der Waals surface area contributed by atoms with Crippen LogP contribution in [0.25, 0.3) is 0 Å². The Morgan fingerprint density at radius 1 is 1.20 bits per heavy atom. The minimum atomic E-state index is -0.153. The van der Waals surface area contributed by atoms with Gasteiger partial charge in [0.05, 0.1) is 0 Å². The second-order valence-corrected chi connectivity index (χ2v) is 6.84. The molecule has 1 atom stereocenters. The van der Waals surface area contributed by atoms with E-state index in [-0.39, 0.29) is 11.9 Å². The fraction of sp³-hybridized carbons (Fsp3) is 0.647. The molecule has 2 rings (SSSR count). The highest BCUT2D eigenvalue weighted by atomic mass is 79.9. The lowest BCUT2D eigenvalue weighted by atomic mass is 9.76. The third-order valence-electron chi connectivity index (χ3n) is 4.61. The number of hydrogen-bond acceptors (Lipinski definition) is 1. The quantitative estimate of drug-likeness (QED) is 0.750. The topological polar surface area (TPSA) is 12.0 Å². The maximum atomic E-state index is 13.7. The Bertz CT molecular complexity index is 407. The fourth-order valence-electron chi connectivity index (χ4n) is 3.46. The van der Waals surface area contributed by atoms with E-state index in [4.69, 9.17) is 0 Å². The first-order valence-electron chi connectivity index (χ1n) is 7.83. The van der Waals surface area contributed by atoms with Gasteiger partial charge in [0.1, 0.15) is 5.82 Å². The van der Waals surface area contributed by atoms with Crippen LogP contribution in [0.4, 0.5) is 4.39 Å². The summed E-state index contributed by atoms with van der Waals surface area (Å²) in [6.45, 7) is 5.34. The van der Waals surface area contributed by atoms with Crippen LogP contribution in [0.3, 0.4) is 0 Å². The molecule has 1 aromatic rings. The largest absolute Gasteiger partial charge is 0.310 e. The van der Waals surface area contributed by atoms with E-state index in [1.807, 2.05) is 0 Å². The van der Waals surface area contributed by atoms with Crippen LogP contribution in [0, 0.1) is 17.7 Å². The number of hydrogen-bond donors (Lipinski definition) is 1. The molecule has 112 valence electrons. The zero-order chi connectivity index (χ0) is 14.5. The van der Waals surface area contributed by atoms with Gasteiger partial charge in [0.2, 0.25) is 0 Å². The average Bonchev–Trinajstić information content (AvgIpc) is 2.44. The molecule has 0 spiro atoms. The zero-order valence-electron chi connectivity index (χ0n) is 12.5. The summed E-state index contributed by atoms with van der Waals surface area (Å²) >= 11 is 3.41. The monoisotopic (exact) mass is 341 g/mol. The first-order valence-corrected chi connectivity index (χ1v) is 8.62. The van der Waals surface area contributed by atoms with E-state index in [1.165, 1.54) is 38.2 Å². The molecule has 0 aromatic heterocycles. The van der Waals surface area contributed by atoms with Crippen molar-refractivity contribution in [3.63, 3.8) is 0 Å². The Labute approximate surface area is 130 Å². The van der Waals surface area contributed by atoms with Crippen molar-refractivity contribution in [2.24, 2.45) is 11.8 Å². The van der Waals surface area contributed by atoms with Crippen molar-refractivity contribution in [3.05, 3.63) is 34.1 Å². The molecule has 1 aliphatic carbocycles. The van der Waals surface area contributed by atoms with Gasteiger partial charge >= 0.3 is 0 Å². The predicted molar refractivity (Wildman–Crippen MR) is 86.3 cm³/mol. The van der Waals surface area contributed by atoms with Gasteiger partial charge in [0.25, 0.3) is 0 Å². The van der Waals surface area contributed by atoms with Gasteiger partial charge in [-0.3, -0.25) is 0 Å². The molecule has 1 aromatic carbocycles. The molecular weight excluding hydrogens is 317 g/mol. The normalized spacial score (nSPS) is 24.6. The zero-order valence-corrected chi connectivity index (χ0v) is 14.0. The smallest absolute Gasteiger partial charge is 0.124 e. The second-order valence-electron chi connectivity index (χ2n) is 5.93. The fourth-order valence-corrected chi connectivity index (χ4v) is 3.94. The van der Waals surface area contributed by atoms with Gasteiger partial charge in [-0.25, -0.2) is 4.39 Å². The summed E-state index contributed by atoms with van der Waals surface area (Å²) in [6, 6.07) is 5.55. The van der Waals surface area contributed by atoms with Crippen LogP contribution in [0.1, 0.15) is 57.6 Å². The number of nitrogens with one attached hydrogen (secondary N) is 1. The molecule has 0 aliphatic heterocycles. The van der Waals surface area contributed by atoms with Gasteiger partial charge in [-0.15, -0.1) is 0 Å². The SMILES string of the molecule is CCNC(c1cc(F)cc(Br)c1)C1CCC(CC)CC1. The summed E-state index contributed by atoms with van der Waals surface area (Å²) in [6.07, 6.45) is 6.44. The molecule has 20 heavy (non-hydrogen) atoms. The number of rotatable bonds is 5. The third-order valence-corrected chi connectivity index (χ3v) is 5.07. The molecule has 1 unspecified atom stereocenters. The minimum absolute atomic E-state index is 0.153. The Morgan fingerprint density at radius 2 is 1.90 bits per heavy atom. The second kappa shape index (κ2) is 7.56. The van der Waals surface area contributed by atoms with Crippen LogP contribution >= 0.6 is 15.9 Å². The highest BCUT2D eigenvalue weighted by Crippen LogP contribution is 2.38. The minimum Gasteiger partial charge on any atom is -0.310 e.